The molecule has 0 heterocycles. The second kappa shape index (κ2) is 10.1. The maximum atomic E-state index is 9.99. The summed E-state index contributed by atoms with van der Waals surface area (Å²) in [7, 11) is 0. The lowest BCUT2D eigenvalue weighted by Crippen LogP contribution is -2.21. The van der Waals surface area contributed by atoms with Crippen molar-refractivity contribution in [2.75, 3.05) is 0 Å². The molecule has 0 saturated carbocycles. The topological polar surface area (TPSA) is 149 Å². The highest BCUT2D eigenvalue weighted by molar-refractivity contribution is 5.92. The zero-order valence-corrected chi connectivity index (χ0v) is 9.83. The molecule has 0 unspecified atom stereocenters. The highest BCUT2D eigenvalue weighted by Gasteiger charge is 2.22. The van der Waals surface area contributed by atoms with Crippen LogP contribution in [0.1, 0.15) is 32.6 Å². The Morgan fingerprint density at radius 1 is 0.833 bits per heavy atom. The van der Waals surface area contributed by atoms with Crippen LogP contribution in [-0.4, -0.2) is 44.3 Å². The van der Waals surface area contributed by atoms with E-state index >= 15 is 0 Å². The summed E-state index contributed by atoms with van der Waals surface area (Å²) in [6.45, 7) is 1.52. The Hall–Kier alpha value is -2.12. The average Bonchev–Trinajstić information content (AvgIpc) is 2.16. The minimum absolute atomic E-state index is 0.0632. The molecule has 0 aliphatic rings. The van der Waals surface area contributed by atoms with Crippen molar-refractivity contribution >= 4 is 23.9 Å². The van der Waals surface area contributed by atoms with Gasteiger partial charge in [0.25, 0.3) is 0 Å². The van der Waals surface area contributed by atoms with Gasteiger partial charge in [0, 0.05) is 12.8 Å². The summed E-state index contributed by atoms with van der Waals surface area (Å²) in [6.07, 6.45) is 0.216. The van der Waals surface area contributed by atoms with Crippen LogP contribution in [0.4, 0.5) is 0 Å². The van der Waals surface area contributed by atoms with Gasteiger partial charge in [0.1, 0.15) is 0 Å². The van der Waals surface area contributed by atoms with Gasteiger partial charge in [-0.1, -0.05) is 6.92 Å². The molecule has 0 rings (SSSR count). The van der Waals surface area contributed by atoms with Crippen molar-refractivity contribution in [3.63, 3.8) is 0 Å². The monoisotopic (exact) mass is 264 g/mol. The first-order chi connectivity index (χ1) is 8.22. The van der Waals surface area contributed by atoms with Crippen molar-refractivity contribution in [3.05, 3.63) is 0 Å². The van der Waals surface area contributed by atoms with Crippen LogP contribution < -0.4 is 0 Å². The molecule has 0 bridgehead atoms. The van der Waals surface area contributed by atoms with E-state index in [2.05, 4.69) is 0 Å². The Morgan fingerprint density at radius 2 is 1.17 bits per heavy atom. The third kappa shape index (κ3) is 12.0. The molecule has 0 fully saturated rings. The SMILES string of the molecule is CCC(C(=O)O)C(=O)O.O=C(O)CCCC(=O)O. The summed E-state index contributed by atoms with van der Waals surface area (Å²) in [5, 5.41) is 32.4. The van der Waals surface area contributed by atoms with Gasteiger partial charge in [-0.25, -0.2) is 0 Å². The predicted molar refractivity (Wildman–Crippen MR) is 58.2 cm³/mol. The standard InChI is InChI=1S/2C5H8O4/c1-2-3(4(6)7)5(8)9;6-4(7)2-1-3-5(8)9/h3H,2H2,1H3,(H,6,7)(H,8,9);1-3H2,(H,6,7)(H,8,9). The lowest BCUT2D eigenvalue weighted by Gasteiger charge is -2.00. The number of rotatable bonds is 7. The largest absolute Gasteiger partial charge is 0.481 e. The number of hydrogen-bond acceptors (Lipinski definition) is 4. The highest BCUT2D eigenvalue weighted by atomic mass is 16.4. The fraction of sp³-hybridized carbons (Fsp3) is 0.600. The number of aliphatic carboxylic acids is 4. The number of carboxylic acid groups (broad SMARTS) is 4. The molecular weight excluding hydrogens is 248 g/mol. The van der Waals surface area contributed by atoms with Gasteiger partial charge >= 0.3 is 23.9 Å². The Morgan fingerprint density at radius 3 is 1.28 bits per heavy atom. The normalized spacial score (nSPS) is 9.22. The maximum Gasteiger partial charge on any atom is 0.317 e. The van der Waals surface area contributed by atoms with Crippen molar-refractivity contribution in [3.8, 4) is 0 Å². The van der Waals surface area contributed by atoms with Gasteiger partial charge in [-0.15, -0.1) is 0 Å². The van der Waals surface area contributed by atoms with E-state index < -0.39 is 29.8 Å². The zero-order chi connectivity index (χ0) is 14.7. The van der Waals surface area contributed by atoms with E-state index in [1.165, 1.54) is 6.92 Å². The van der Waals surface area contributed by atoms with Crippen molar-refractivity contribution in [2.24, 2.45) is 5.92 Å². The van der Waals surface area contributed by atoms with Crippen molar-refractivity contribution < 1.29 is 39.6 Å². The summed E-state index contributed by atoms with van der Waals surface area (Å²) >= 11 is 0. The molecule has 0 atom stereocenters. The van der Waals surface area contributed by atoms with Crippen molar-refractivity contribution in [2.45, 2.75) is 32.6 Å². The van der Waals surface area contributed by atoms with E-state index in [-0.39, 0.29) is 25.7 Å². The molecule has 0 saturated heterocycles. The summed E-state index contributed by atoms with van der Waals surface area (Å²) in [6, 6.07) is 0. The van der Waals surface area contributed by atoms with Crippen molar-refractivity contribution in [1.29, 1.82) is 0 Å². The Labute approximate surface area is 103 Å². The Balaban J connectivity index is 0. The van der Waals surface area contributed by atoms with Gasteiger partial charge in [0.05, 0.1) is 0 Å². The molecule has 4 N–H and O–H groups in total. The third-order valence-electron chi connectivity index (χ3n) is 1.79. The Kier molecular flexibility index (Phi) is 10.2. The first kappa shape index (κ1) is 18.3. The number of hydrogen-bond donors (Lipinski definition) is 4. The van der Waals surface area contributed by atoms with Crippen LogP contribution in [0, 0.1) is 5.92 Å². The van der Waals surface area contributed by atoms with E-state index in [1.54, 1.807) is 0 Å². The third-order valence-corrected chi connectivity index (χ3v) is 1.79. The molecule has 0 aromatic heterocycles. The second-order valence-corrected chi connectivity index (χ2v) is 3.28. The quantitative estimate of drug-likeness (QED) is 0.486. The molecule has 0 amide bonds. The lowest BCUT2D eigenvalue weighted by molar-refractivity contribution is -0.154. The smallest absolute Gasteiger partial charge is 0.317 e. The van der Waals surface area contributed by atoms with E-state index in [0.29, 0.717) is 0 Å². The number of carbonyl (C=O) groups is 4. The zero-order valence-electron chi connectivity index (χ0n) is 9.83. The predicted octanol–water partition coefficient (Wildman–Crippen LogP) is 0.508. The lowest BCUT2D eigenvalue weighted by atomic mass is 10.1. The van der Waals surface area contributed by atoms with Crippen LogP contribution in [-0.2, 0) is 19.2 Å². The van der Waals surface area contributed by atoms with E-state index in [1.807, 2.05) is 0 Å². The second-order valence-electron chi connectivity index (χ2n) is 3.28. The summed E-state index contributed by atoms with van der Waals surface area (Å²) < 4.78 is 0. The summed E-state index contributed by atoms with van der Waals surface area (Å²) in [5.74, 6) is -5.69. The minimum atomic E-state index is -1.27. The molecule has 0 aromatic rings. The molecular formula is C10H16O8. The molecule has 18 heavy (non-hydrogen) atoms. The fourth-order valence-electron chi connectivity index (χ4n) is 0.846. The van der Waals surface area contributed by atoms with Gasteiger partial charge in [0.2, 0.25) is 0 Å². The maximum absolute atomic E-state index is 9.99. The first-order valence-electron chi connectivity index (χ1n) is 5.11. The summed E-state index contributed by atoms with van der Waals surface area (Å²) in [5.41, 5.74) is 0. The molecule has 8 nitrogen and oxygen atoms in total. The minimum Gasteiger partial charge on any atom is -0.481 e. The molecule has 104 valence electrons. The van der Waals surface area contributed by atoms with Gasteiger partial charge in [-0.2, -0.15) is 0 Å². The molecule has 8 heteroatoms. The summed E-state index contributed by atoms with van der Waals surface area (Å²) in [4.78, 5) is 39.6. The van der Waals surface area contributed by atoms with Gasteiger partial charge in [-0.05, 0) is 12.8 Å². The molecule has 0 spiro atoms. The number of carboxylic acids is 4. The molecule has 0 aromatic carbocycles. The van der Waals surface area contributed by atoms with Gasteiger partial charge < -0.3 is 20.4 Å². The van der Waals surface area contributed by atoms with E-state index in [9.17, 15) is 19.2 Å². The first-order valence-corrected chi connectivity index (χ1v) is 5.11. The van der Waals surface area contributed by atoms with E-state index in [0.717, 1.165) is 0 Å². The van der Waals surface area contributed by atoms with Gasteiger partial charge in [0.15, 0.2) is 5.92 Å². The average molecular weight is 264 g/mol. The van der Waals surface area contributed by atoms with Crippen LogP contribution in [0.3, 0.4) is 0 Å². The van der Waals surface area contributed by atoms with Gasteiger partial charge in [-0.3, -0.25) is 19.2 Å². The van der Waals surface area contributed by atoms with Crippen LogP contribution in [0.2, 0.25) is 0 Å². The Bertz CT molecular complexity index is 281. The van der Waals surface area contributed by atoms with Crippen LogP contribution in [0.15, 0.2) is 0 Å². The van der Waals surface area contributed by atoms with Crippen LogP contribution in [0.25, 0.3) is 0 Å². The fourth-order valence-corrected chi connectivity index (χ4v) is 0.846. The molecule has 0 aliphatic carbocycles. The van der Waals surface area contributed by atoms with Crippen LogP contribution >= 0.6 is 0 Å². The van der Waals surface area contributed by atoms with Crippen LogP contribution in [0.5, 0.6) is 0 Å². The molecule has 0 radical (unpaired) electrons. The van der Waals surface area contributed by atoms with Crippen molar-refractivity contribution in [1.82, 2.24) is 0 Å². The molecule has 0 aliphatic heterocycles. The highest BCUT2D eigenvalue weighted by Crippen LogP contribution is 2.01. The van der Waals surface area contributed by atoms with E-state index in [4.69, 9.17) is 20.4 Å².